The monoisotopic (exact) mass is 399 g/mol. The Bertz CT molecular complexity index is 882. The summed E-state index contributed by atoms with van der Waals surface area (Å²) in [6.07, 6.45) is 3.68. The van der Waals surface area contributed by atoms with Crippen LogP contribution in [0.5, 0.6) is 11.5 Å². The molecule has 2 fully saturated rings. The van der Waals surface area contributed by atoms with Crippen LogP contribution >= 0.6 is 0 Å². The van der Waals surface area contributed by atoms with Gasteiger partial charge in [-0.3, -0.25) is 4.79 Å². The lowest BCUT2D eigenvalue weighted by Gasteiger charge is -2.36. The van der Waals surface area contributed by atoms with Crippen LogP contribution in [0.25, 0.3) is 11.3 Å². The van der Waals surface area contributed by atoms with Gasteiger partial charge in [0.15, 0.2) is 17.3 Å². The fraction of sp³-hybridized carbons (Fsp3) is 0.545. The Morgan fingerprint density at radius 3 is 2.48 bits per heavy atom. The molecule has 2 heterocycles. The zero-order valence-corrected chi connectivity index (χ0v) is 17.6. The Labute approximate surface area is 171 Å². The van der Waals surface area contributed by atoms with E-state index in [-0.39, 0.29) is 5.91 Å². The first-order valence-corrected chi connectivity index (χ1v) is 10.1. The van der Waals surface area contributed by atoms with Gasteiger partial charge < -0.3 is 23.8 Å². The first kappa shape index (κ1) is 19.8. The molecule has 4 rings (SSSR count). The lowest BCUT2D eigenvalue weighted by Crippen LogP contribution is -2.47. The van der Waals surface area contributed by atoms with Gasteiger partial charge in [0.2, 0.25) is 5.91 Å². The highest BCUT2D eigenvalue weighted by Gasteiger charge is 2.55. The summed E-state index contributed by atoms with van der Waals surface area (Å²) < 4.78 is 16.3. The molecule has 0 atom stereocenters. The van der Waals surface area contributed by atoms with Crippen molar-refractivity contribution in [3.05, 3.63) is 30.0 Å². The van der Waals surface area contributed by atoms with Crippen LogP contribution in [0.3, 0.4) is 0 Å². The molecule has 156 valence electrons. The number of aromatic nitrogens is 1. The number of likely N-dealkylation sites (tertiary alicyclic amines) is 1. The van der Waals surface area contributed by atoms with E-state index in [1.807, 2.05) is 36.2 Å². The van der Waals surface area contributed by atoms with E-state index in [9.17, 15) is 4.79 Å². The Balaban J connectivity index is 1.53. The van der Waals surface area contributed by atoms with E-state index < -0.39 is 5.41 Å². The molecule has 2 aromatic rings. The van der Waals surface area contributed by atoms with Crippen molar-refractivity contribution in [1.82, 2.24) is 15.0 Å². The van der Waals surface area contributed by atoms with Gasteiger partial charge in [0.05, 0.1) is 25.3 Å². The second-order valence-electron chi connectivity index (χ2n) is 8.18. The summed E-state index contributed by atoms with van der Waals surface area (Å²) in [5.74, 6) is 2.08. The largest absolute Gasteiger partial charge is 0.493 e. The highest BCUT2D eigenvalue weighted by molar-refractivity contribution is 5.91. The van der Waals surface area contributed by atoms with Crippen LogP contribution in [0.1, 0.15) is 31.4 Å². The molecule has 29 heavy (non-hydrogen) atoms. The Kier molecular flexibility index (Phi) is 5.25. The lowest BCUT2D eigenvalue weighted by atomic mass is 9.96. The van der Waals surface area contributed by atoms with E-state index >= 15 is 0 Å². The number of nitrogens with zero attached hydrogens (tertiary/aromatic N) is 3. The SMILES string of the molecule is COc1ccc(-c2cc(C3(C(=O)N(C)C4CCN(C)CC4)CC3)no2)cc1OC. The average molecular weight is 399 g/mol. The molecule has 0 radical (unpaired) electrons. The molecular formula is C22H29N3O4. The van der Waals surface area contributed by atoms with Crippen molar-refractivity contribution in [1.29, 1.82) is 0 Å². The van der Waals surface area contributed by atoms with Gasteiger partial charge >= 0.3 is 0 Å². The molecule has 7 heteroatoms. The first-order valence-electron chi connectivity index (χ1n) is 10.1. The Morgan fingerprint density at radius 1 is 1.17 bits per heavy atom. The molecule has 1 aliphatic heterocycles. The van der Waals surface area contributed by atoms with Crippen LogP contribution in [0, 0.1) is 0 Å². The van der Waals surface area contributed by atoms with Gasteiger partial charge in [0, 0.05) is 24.7 Å². The number of likely N-dealkylation sites (N-methyl/N-ethyl adjacent to an activating group) is 1. The molecule has 0 spiro atoms. The van der Waals surface area contributed by atoms with Crippen molar-refractivity contribution in [2.45, 2.75) is 37.1 Å². The molecular weight excluding hydrogens is 370 g/mol. The average Bonchev–Trinajstić information content (AvgIpc) is 3.41. The van der Waals surface area contributed by atoms with Crippen molar-refractivity contribution in [3.63, 3.8) is 0 Å². The first-order chi connectivity index (χ1) is 14.0. The molecule has 0 N–H and O–H groups in total. The van der Waals surface area contributed by atoms with Crippen molar-refractivity contribution >= 4 is 5.91 Å². The van der Waals surface area contributed by atoms with Crippen LogP contribution < -0.4 is 9.47 Å². The molecule has 0 bridgehead atoms. The zero-order valence-electron chi connectivity index (χ0n) is 17.6. The van der Waals surface area contributed by atoms with Crippen molar-refractivity contribution in [3.8, 4) is 22.8 Å². The number of methoxy groups -OCH3 is 2. The molecule has 1 saturated heterocycles. The molecule has 0 unspecified atom stereocenters. The zero-order chi connectivity index (χ0) is 20.6. The molecule has 2 aliphatic rings. The van der Waals surface area contributed by atoms with E-state index in [4.69, 9.17) is 14.0 Å². The minimum Gasteiger partial charge on any atom is -0.493 e. The summed E-state index contributed by atoms with van der Waals surface area (Å²) in [7, 11) is 7.27. The molecule has 1 aromatic carbocycles. The highest BCUT2D eigenvalue weighted by Crippen LogP contribution is 2.50. The molecule has 1 amide bonds. The summed E-state index contributed by atoms with van der Waals surface area (Å²) in [6.45, 7) is 2.06. The van der Waals surface area contributed by atoms with E-state index in [1.54, 1.807) is 14.2 Å². The van der Waals surface area contributed by atoms with E-state index in [0.717, 1.165) is 50.0 Å². The number of amides is 1. The van der Waals surface area contributed by atoms with Crippen molar-refractivity contribution in [2.24, 2.45) is 0 Å². The number of carbonyl (C=O) groups is 1. The number of rotatable bonds is 6. The third-order valence-electron chi connectivity index (χ3n) is 6.38. The normalized spacial score (nSPS) is 19.0. The van der Waals surface area contributed by atoms with Crippen LogP contribution in [-0.4, -0.2) is 68.3 Å². The van der Waals surface area contributed by atoms with E-state index in [2.05, 4.69) is 17.1 Å². The number of ether oxygens (including phenoxy) is 2. The van der Waals surface area contributed by atoms with Crippen LogP contribution in [0.15, 0.2) is 28.8 Å². The maximum absolute atomic E-state index is 13.3. The third kappa shape index (κ3) is 3.59. The highest BCUT2D eigenvalue weighted by atomic mass is 16.5. The number of piperidine rings is 1. The summed E-state index contributed by atoms with van der Waals surface area (Å²) in [6, 6.07) is 7.79. The van der Waals surface area contributed by atoms with Gasteiger partial charge in [-0.05, 0) is 64.0 Å². The van der Waals surface area contributed by atoms with Crippen LogP contribution in [0.4, 0.5) is 0 Å². The molecule has 7 nitrogen and oxygen atoms in total. The molecule has 1 saturated carbocycles. The summed E-state index contributed by atoms with van der Waals surface area (Å²) in [4.78, 5) is 17.6. The number of hydrogen-bond donors (Lipinski definition) is 0. The van der Waals surface area contributed by atoms with E-state index in [0.29, 0.717) is 23.3 Å². The predicted octanol–water partition coefficient (Wildman–Crippen LogP) is 2.94. The Morgan fingerprint density at radius 2 is 1.86 bits per heavy atom. The van der Waals surface area contributed by atoms with Crippen molar-refractivity contribution < 1.29 is 18.8 Å². The fourth-order valence-corrected chi connectivity index (χ4v) is 4.22. The van der Waals surface area contributed by atoms with Crippen molar-refractivity contribution in [2.75, 3.05) is 41.4 Å². The minimum atomic E-state index is -0.531. The van der Waals surface area contributed by atoms with Crippen LogP contribution in [-0.2, 0) is 10.2 Å². The predicted molar refractivity (Wildman–Crippen MR) is 109 cm³/mol. The van der Waals surface area contributed by atoms with Gasteiger partial charge in [-0.2, -0.15) is 0 Å². The topological polar surface area (TPSA) is 68.0 Å². The Hall–Kier alpha value is -2.54. The molecule has 1 aromatic heterocycles. The smallest absolute Gasteiger partial charge is 0.234 e. The van der Waals surface area contributed by atoms with E-state index in [1.165, 1.54) is 0 Å². The number of hydrogen-bond acceptors (Lipinski definition) is 6. The minimum absolute atomic E-state index is 0.166. The second kappa shape index (κ2) is 7.71. The summed E-state index contributed by atoms with van der Waals surface area (Å²) in [5, 5.41) is 4.28. The second-order valence-corrected chi connectivity index (χ2v) is 8.18. The number of benzene rings is 1. The van der Waals surface area contributed by atoms with Gasteiger partial charge in [0.1, 0.15) is 0 Å². The number of carbonyl (C=O) groups excluding carboxylic acids is 1. The lowest BCUT2D eigenvalue weighted by molar-refractivity contribution is -0.135. The standard InChI is InChI=1S/C22H29N3O4/c1-24-11-7-16(8-12-24)25(2)21(26)22(9-10-22)20-14-18(29-23-20)15-5-6-17(27-3)19(13-15)28-4/h5-6,13-14,16H,7-12H2,1-4H3. The van der Waals surface area contributed by atoms with Crippen LogP contribution in [0.2, 0.25) is 0 Å². The van der Waals surface area contributed by atoms with Gasteiger partial charge in [-0.1, -0.05) is 5.16 Å². The molecule has 1 aliphatic carbocycles. The van der Waals surface area contributed by atoms with Gasteiger partial charge in [-0.25, -0.2) is 0 Å². The maximum Gasteiger partial charge on any atom is 0.234 e. The summed E-state index contributed by atoms with van der Waals surface area (Å²) >= 11 is 0. The van der Waals surface area contributed by atoms with Gasteiger partial charge in [-0.15, -0.1) is 0 Å². The third-order valence-corrected chi connectivity index (χ3v) is 6.38. The maximum atomic E-state index is 13.3. The van der Waals surface area contributed by atoms with Gasteiger partial charge in [0.25, 0.3) is 0 Å². The quantitative estimate of drug-likeness (QED) is 0.744. The summed E-state index contributed by atoms with van der Waals surface area (Å²) in [5.41, 5.74) is 1.04. The fourth-order valence-electron chi connectivity index (χ4n) is 4.22.